The predicted molar refractivity (Wildman–Crippen MR) is 54.9 cm³/mol. The molecule has 0 N–H and O–H groups in total. The van der Waals surface area contributed by atoms with Crippen LogP contribution in [0.25, 0.3) is 0 Å². The second-order valence-corrected chi connectivity index (χ2v) is 3.13. The Kier molecular flexibility index (Phi) is 4.03. The van der Waals surface area contributed by atoms with Gasteiger partial charge in [-0.25, -0.2) is 0 Å². The molecule has 0 atom stereocenters. The molecule has 0 aromatic heterocycles. The van der Waals surface area contributed by atoms with Crippen LogP contribution in [0.1, 0.15) is 19.4 Å². The van der Waals surface area contributed by atoms with E-state index < -0.39 is 0 Å². The quantitative estimate of drug-likeness (QED) is 0.511. The Labute approximate surface area is 79.2 Å². The first-order chi connectivity index (χ1) is 6.29. The summed E-state index contributed by atoms with van der Waals surface area (Å²) in [6.07, 6.45) is 2.77. The molecule has 0 aliphatic rings. The third kappa shape index (κ3) is 4.31. The van der Waals surface area contributed by atoms with Gasteiger partial charge in [-0.3, -0.25) is 0 Å². The van der Waals surface area contributed by atoms with Gasteiger partial charge in [0.1, 0.15) is 6.10 Å². The number of oxime groups is 1. The highest BCUT2D eigenvalue weighted by atomic mass is 16.6. The van der Waals surface area contributed by atoms with E-state index in [1.54, 1.807) is 6.21 Å². The van der Waals surface area contributed by atoms with Crippen molar-refractivity contribution in [3.05, 3.63) is 35.9 Å². The molecule has 1 aromatic rings. The Morgan fingerprint density at radius 1 is 1.31 bits per heavy atom. The van der Waals surface area contributed by atoms with Crippen molar-refractivity contribution in [3.63, 3.8) is 0 Å². The van der Waals surface area contributed by atoms with Crippen LogP contribution in [-0.2, 0) is 11.3 Å². The Hall–Kier alpha value is -1.31. The molecule has 2 heteroatoms. The van der Waals surface area contributed by atoms with Crippen LogP contribution in [0.4, 0.5) is 0 Å². The van der Waals surface area contributed by atoms with Gasteiger partial charge in [-0.15, -0.1) is 0 Å². The fourth-order valence-electron chi connectivity index (χ4n) is 0.922. The van der Waals surface area contributed by atoms with E-state index in [-0.39, 0.29) is 6.10 Å². The topological polar surface area (TPSA) is 21.6 Å². The number of hydrogen-bond acceptors (Lipinski definition) is 2. The van der Waals surface area contributed by atoms with E-state index in [2.05, 4.69) is 17.3 Å². The zero-order valence-electron chi connectivity index (χ0n) is 8.10. The number of hydrogen-bond donors (Lipinski definition) is 0. The Morgan fingerprint density at radius 3 is 2.62 bits per heavy atom. The smallest absolute Gasteiger partial charge is 0.121 e. The molecule has 0 heterocycles. The Bertz CT molecular complexity index is 254. The van der Waals surface area contributed by atoms with E-state index >= 15 is 0 Å². The van der Waals surface area contributed by atoms with E-state index in [1.165, 1.54) is 5.56 Å². The third-order valence-corrected chi connectivity index (χ3v) is 1.52. The van der Waals surface area contributed by atoms with Crippen molar-refractivity contribution < 1.29 is 4.84 Å². The number of benzene rings is 1. The van der Waals surface area contributed by atoms with Gasteiger partial charge in [0.25, 0.3) is 0 Å². The van der Waals surface area contributed by atoms with Crippen molar-refractivity contribution in [3.8, 4) is 0 Å². The molecule has 0 unspecified atom stereocenters. The molecule has 0 aliphatic heterocycles. The minimum atomic E-state index is 0.159. The van der Waals surface area contributed by atoms with Crippen LogP contribution in [0.15, 0.2) is 35.5 Å². The second kappa shape index (κ2) is 5.36. The number of nitrogens with zero attached hydrogens (tertiary/aromatic N) is 1. The summed E-state index contributed by atoms with van der Waals surface area (Å²) in [5, 5.41) is 3.84. The van der Waals surface area contributed by atoms with Gasteiger partial charge in [0, 0.05) is 12.6 Å². The van der Waals surface area contributed by atoms with Gasteiger partial charge in [0.2, 0.25) is 0 Å². The van der Waals surface area contributed by atoms with Gasteiger partial charge >= 0.3 is 0 Å². The lowest BCUT2D eigenvalue weighted by Gasteiger charge is -2.00. The highest BCUT2D eigenvalue weighted by Crippen LogP contribution is 1.97. The summed E-state index contributed by atoms with van der Waals surface area (Å²) >= 11 is 0. The van der Waals surface area contributed by atoms with E-state index in [0.29, 0.717) is 0 Å². The summed E-state index contributed by atoms with van der Waals surface area (Å²) < 4.78 is 0. The highest BCUT2D eigenvalue weighted by Gasteiger charge is 1.89. The van der Waals surface area contributed by atoms with Crippen LogP contribution < -0.4 is 0 Å². The molecule has 0 saturated heterocycles. The minimum Gasteiger partial charge on any atom is -0.393 e. The van der Waals surface area contributed by atoms with Gasteiger partial charge < -0.3 is 4.84 Å². The fourth-order valence-corrected chi connectivity index (χ4v) is 0.922. The van der Waals surface area contributed by atoms with Crippen molar-refractivity contribution in [2.75, 3.05) is 0 Å². The highest BCUT2D eigenvalue weighted by molar-refractivity contribution is 5.60. The van der Waals surface area contributed by atoms with Crippen molar-refractivity contribution in [2.24, 2.45) is 5.16 Å². The first kappa shape index (κ1) is 9.78. The molecule has 0 amide bonds. The zero-order chi connectivity index (χ0) is 9.52. The van der Waals surface area contributed by atoms with Crippen LogP contribution in [0.3, 0.4) is 0 Å². The molecular formula is C11H15NO. The lowest BCUT2D eigenvalue weighted by Crippen LogP contribution is -1.96. The van der Waals surface area contributed by atoms with Crippen LogP contribution >= 0.6 is 0 Å². The maximum atomic E-state index is 5.03. The summed E-state index contributed by atoms with van der Waals surface area (Å²) in [5.41, 5.74) is 1.25. The largest absolute Gasteiger partial charge is 0.393 e. The van der Waals surface area contributed by atoms with Gasteiger partial charge in [0.15, 0.2) is 0 Å². The average molecular weight is 177 g/mol. The summed E-state index contributed by atoms with van der Waals surface area (Å²) in [5.74, 6) is 0. The van der Waals surface area contributed by atoms with E-state index in [1.807, 2.05) is 32.0 Å². The molecule has 0 bridgehead atoms. The van der Waals surface area contributed by atoms with Crippen LogP contribution in [-0.4, -0.2) is 12.3 Å². The standard InChI is InChI=1S/C11H15NO/c1-10(2)13-12-9-8-11-6-4-3-5-7-11/h3-7,9-10H,8H2,1-2H3. The molecular weight excluding hydrogens is 162 g/mol. The molecule has 0 radical (unpaired) electrons. The maximum Gasteiger partial charge on any atom is 0.121 e. The Balaban J connectivity index is 2.31. The number of rotatable bonds is 4. The molecule has 0 aliphatic carbocycles. The van der Waals surface area contributed by atoms with Crippen molar-refractivity contribution >= 4 is 6.21 Å². The third-order valence-electron chi connectivity index (χ3n) is 1.52. The second-order valence-electron chi connectivity index (χ2n) is 3.13. The van der Waals surface area contributed by atoms with Crippen LogP contribution in [0.5, 0.6) is 0 Å². The van der Waals surface area contributed by atoms with Crippen LogP contribution in [0, 0.1) is 0 Å². The monoisotopic (exact) mass is 177 g/mol. The van der Waals surface area contributed by atoms with E-state index in [0.717, 1.165) is 6.42 Å². The minimum absolute atomic E-state index is 0.159. The molecule has 2 nitrogen and oxygen atoms in total. The van der Waals surface area contributed by atoms with Gasteiger partial charge in [-0.1, -0.05) is 35.5 Å². The average Bonchev–Trinajstić information content (AvgIpc) is 2.14. The zero-order valence-corrected chi connectivity index (χ0v) is 8.10. The predicted octanol–water partition coefficient (Wildman–Crippen LogP) is 2.64. The first-order valence-corrected chi connectivity index (χ1v) is 4.50. The maximum absolute atomic E-state index is 5.03. The summed E-state index contributed by atoms with van der Waals surface area (Å²) in [7, 11) is 0. The first-order valence-electron chi connectivity index (χ1n) is 4.50. The molecule has 0 spiro atoms. The molecule has 70 valence electrons. The molecule has 0 fully saturated rings. The Morgan fingerprint density at radius 2 is 2.00 bits per heavy atom. The fraction of sp³-hybridized carbons (Fsp3) is 0.364. The van der Waals surface area contributed by atoms with Crippen molar-refractivity contribution in [1.29, 1.82) is 0 Å². The summed E-state index contributed by atoms with van der Waals surface area (Å²) in [6, 6.07) is 10.2. The van der Waals surface area contributed by atoms with Crippen LogP contribution in [0.2, 0.25) is 0 Å². The van der Waals surface area contributed by atoms with Gasteiger partial charge in [-0.2, -0.15) is 0 Å². The van der Waals surface area contributed by atoms with Crippen molar-refractivity contribution in [2.45, 2.75) is 26.4 Å². The van der Waals surface area contributed by atoms with E-state index in [9.17, 15) is 0 Å². The summed E-state index contributed by atoms with van der Waals surface area (Å²) in [6.45, 7) is 3.92. The summed E-state index contributed by atoms with van der Waals surface area (Å²) in [4.78, 5) is 5.03. The normalized spacial score (nSPS) is 11.0. The van der Waals surface area contributed by atoms with Gasteiger partial charge in [0.05, 0.1) is 0 Å². The molecule has 1 aromatic carbocycles. The lowest BCUT2D eigenvalue weighted by atomic mass is 10.2. The lowest BCUT2D eigenvalue weighted by molar-refractivity contribution is 0.0869. The molecule has 1 rings (SSSR count). The molecule has 13 heavy (non-hydrogen) atoms. The van der Waals surface area contributed by atoms with Crippen molar-refractivity contribution in [1.82, 2.24) is 0 Å². The van der Waals surface area contributed by atoms with Gasteiger partial charge in [-0.05, 0) is 19.4 Å². The van der Waals surface area contributed by atoms with E-state index in [4.69, 9.17) is 4.84 Å². The SMILES string of the molecule is CC(C)ON=CCc1ccccc1. The molecule has 0 saturated carbocycles.